The highest BCUT2D eigenvalue weighted by atomic mass is 32.1. The van der Waals surface area contributed by atoms with Crippen molar-refractivity contribution in [3.05, 3.63) is 46.4 Å². The smallest absolute Gasteiger partial charge is 0.307 e. The minimum Gasteiger partial charge on any atom is -0.481 e. The van der Waals surface area contributed by atoms with Crippen molar-refractivity contribution in [2.24, 2.45) is 0 Å². The second-order valence-corrected chi connectivity index (χ2v) is 4.45. The molecule has 2 aromatic rings. The Bertz CT molecular complexity index is 549. The predicted octanol–water partition coefficient (Wildman–Crippen LogP) is 2.02. The molecular weight excluding hydrogens is 252 g/mol. The summed E-state index contributed by atoms with van der Waals surface area (Å²) < 4.78 is 0. The summed E-state index contributed by atoms with van der Waals surface area (Å²) in [6.45, 7) is 0. The van der Waals surface area contributed by atoms with Crippen molar-refractivity contribution in [3.63, 3.8) is 0 Å². The summed E-state index contributed by atoms with van der Waals surface area (Å²) in [6, 6.07) is 6.69. The van der Waals surface area contributed by atoms with Gasteiger partial charge in [0.05, 0.1) is 6.42 Å². The number of hydrogen-bond acceptors (Lipinski definition) is 4. The SMILES string of the molecule is O=C(O)Cc1ccc(NC(=O)c2nccs2)cc1. The van der Waals surface area contributed by atoms with Gasteiger partial charge in [-0.05, 0) is 17.7 Å². The lowest BCUT2D eigenvalue weighted by molar-refractivity contribution is -0.136. The number of anilines is 1. The average Bonchev–Trinajstić information content (AvgIpc) is 2.84. The first-order valence-corrected chi connectivity index (χ1v) is 6.04. The normalized spacial score (nSPS) is 10.0. The fourth-order valence-electron chi connectivity index (χ4n) is 1.40. The molecule has 2 N–H and O–H groups in total. The van der Waals surface area contributed by atoms with Gasteiger partial charge in [-0.25, -0.2) is 4.98 Å². The molecule has 0 radical (unpaired) electrons. The molecule has 1 heterocycles. The molecule has 0 spiro atoms. The third kappa shape index (κ3) is 3.14. The summed E-state index contributed by atoms with van der Waals surface area (Å²) in [5.41, 5.74) is 1.30. The quantitative estimate of drug-likeness (QED) is 0.883. The number of carbonyl (C=O) groups is 2. The van der Waals surface area contributed by atoms with E-state index in [9.17, 15) is 9.59 Å². The maximum absolute atomic E-state index is 11.7. The maximum atomic E-state index is 11.7. The van der Waals surface area contributed by atoms with E-state index in [0.29, 0.717) is 16.3 Å². The van der Waals surface area contributed by atoms with E-state index in [-0.39, 0.29) is 12.3 Å². The van der Waals surface area contributed by atoms with E-state index in [1.54, 1.807) is 35.8 Å². The molecule has 0 bridgehead atoms. The predicted molar refractivity (Wildman–Crippen MR) is 67.8 cm³/mol. The van der Waals surface area contributed by atoms with Gasteiger partial charge < -0.3 is 10.4 Å². The third-order valence-electron chi connectivity index (χ3n) is 2.19. The number of carbonyl (C=O) groups excluding carboxylic acids is 1. The number of nitrogens with one attached hydrogen (secondary N) is 1. The van der Waals surface area contributed by atoms with Crippen LogP contribution in [0.25, 0.3) is 0 Å². The fraction of sp³-hybridized carbons (Fsp3) is 0.0833. The summed E-state index contributed by atoms with van der Waals surface area (Å²) in [7, 11) is 0. The van der Waals surface area contributed by atoms with Crippen molar-refractivity contribution in [1.29, 1.82) is 0 Å². The molecular formula is C12H10N2O3S. The lowest BCUT2D eigenvalue weighted by atomic mass is 10.1. The number of benzene rings is 1. The van der Waals surface area contributed by atoms with E-state index in [2.05, 4.69) is 10.3 Å². The number of aromatic nitrogens is 1. The Kier molecular flexibility index (Phi) is 3.69. The van der Waals surface area contributed by atoms with Gasteiger partial charge in [0.2, 0.25) is 0 Å². The van der Waals surface area contributed by atoms with Crippen LogP contribution in [0.4, 0.5) is 5.69 Å². The van der Waals surface area contributed by atoms with Crippen LogP contribution in [0.1, 0.15) is 15.4 Å². The summed E-state index contributed by atoms with van der Waals surface area (Å²) in [5, 5.41) is 13.4. The Labute approximate surface area is 107 Å². The Morgan fingerprint density at radius 3 is 2.56 bits per heavy atom. The first kappa shape index (κ1) is 12.3. The van der Waals surface area contributed by atoms with E-state index >= 15 is 0 Å². The van der Waals surface area contributed by atoms with E-state index in [0.717, 1.165) is 0 Å². The van der Waals surface area contributed by atoms with Gasteiger partial charge in [0.1, 0.15) is 0 Å². The molecule has 5 nitrogen and oxygen atoms in total. The first-order chi connectivity index (χ1) is 8.65. The van der Waals surface area contributed by atoms with Gasteiger partial charge in [0.15, 0.2) is 5.01 Å². The Morgan fingerprint density at radius 2 is 2.00 bits per heavy atom. The molecule has 0 saturated heterocycles. The number of hydrogen-bond donors (Lipinski definition) is 2. The monoisotopic (exact) mass is 262 g/mol. The van der Waals surface area contributed by atoms with Crippen LogP contribution < -0.4 is 5.32 Å². The standard InChI is InChI=1S/C12H10N2O3S/c15-10(16)7-8-1-3-9(4-2-8)14-11(17)12-13-5-6-18-12/h1-6H,7H2,(H,14,17)(H,15,16). The fourth-order valence-corrected chi connectivity index (χ4v) is 1.93. The van der Waals surface area contributed by atoms with Gasteiger partial charge in [-0.15, -0.1) is 11.3 Å². The van der Waals surface area contributed by atoms with E-state index in [1.165, 1.54) is 11.3 Å². The van der Waals surface area contributed by atoms with Crippen molar-refractivity contribution in [2.45, 2.75) is 6.42 Å². The zero-order valence-electron chi connectivity index (χ0n) is 9.29. The van der Waals surface area contributed by atoms with Crippen LogP contribution in [0, 0.1) is 0 Å². The van der Waals surface area contributed by atoms with Crippen LogP contribution in [-0.2, 0) is 11.2 Å². The molecule has 1 aromatic heterocycles. The molecule has 0 fully saturated rings. The van der Waals surface area contributed by atoms with Gasteiger partial charge in [-0.3, -0.25) is 9.59 Å². The summed E-state index contributed by atoms with van der Waals surface area (Å²) in [4.78, 5) is 26.1. The topological polar surface area (TPSA) is 79.3 Å². The van der Waals surface area contributed by atoms with Gasteiger partial charge >= 0.3 is 5.97 Å². The van der Waals surface area contributed by atoms with Gasteiger partial charge in [0, 0.05) is 17.3 Å². The molecule has 0 aliphatic carbocycles. The van der Waals surface area contributed by atoms with Crippen LogP contribution in [0.15, 0.2) is 35.8 Å². The van der Waals surface area contributed by atoms with E-state index < -0.39 is 5.97 Å². The Balaban J connectivity index is 2.02. The third-order valence-corrected chi connectivity index (χ3v) is 2.97. The van der Waals surface area contributed by atoms with Crippen LogP contribution in [0.5, 0.6) is 0 Å². The zero-order chi connectivity index (χ0) is 13.0. The number of carboxylic acid groups (broad SMARTS) is 1. The molecule has 1 amide bonds. The van der Waals surface area contributed by atoms with Crippen molar-refractivity contribution in [2.75, 3.05) is 5.32 Å². The second-order valence-electron chi connectivity index (χ2n) is 3.56. The minimum atomic E-state index is -0.880. The summed E-state index contributed by atoms with van der Waals surface area (Å²) in [6.07, 6.45) is 1.54. The number of aliphatic carboxylic acids is 1. The number of thiazole rings is 1. The minimum absolute atomic E-state index is 0.0271. The maximum Gasteiger partial charge on any atom is 0.307 e. The molecule has 0 unspecified atom stereocenters. The molecule has 0 aliphatic rings. The molecule has 6 heteroatoms. The largest absolute Gasteiger partial charge is 0.481 e. The molecule has 0 saturated carbocycles. The van der Waals surface area contributed by atoms with Crippen LogP contribution in [0.2, 0.25) is 0 Å². The molecule has 0 aliphatic heterocycles. The van der Waals surface area contributed by atoms with Crippen LogP contribution in [0.3, 0.4) is 0 Å². The molecule has 92 valence electrons. The zero-order valence-corrected chi connectivity index (χ0v) is 10.1. The van der Waals surface area contributed by atoms with Crippen molar-refractivity contribution < 1.29 is 14.7 Å². The number of rotatable bonds is 4. The lowest BCUT2D eigenvalue weighted by Crippen LogP contribution is -2.11. The first-order valence-electron chi connectivity index (χ1n) is 5.17. The highest BCUT2D eigenvalue weighted by Gasteiger charge is 2.08. The highest BCUT2D eigenvalue weighted by Crippen LogP contribution is 2.12. The number of amides is 1. The average molecular weight is 262 g/mol. The highest BCUT2D eigenvalue weighted by molar-refractivity contribution is 7.11. The molecule has 2 rings (SSSR count). The number of carboxylic acids is 1. The van der Waals surface area contributed by atoms with E-state index in [4.69, 9.17) is 5.11 Å². The van der Waals surface area contributed by atoms with Crippen LogP contribution in [-0.4, -0.2) is 22.0 Å². The summed E-state index contributed by atoms with van der Waals surface area (Å²) in [5.74, 6) is -1.15. The summed E-state index contributed by atoms with van der Waals surface area (Å²) >= 11 is 1.26. The van der Waals surface area contributed by atoms with Crippen molar-refractivity contribution in [1.82, 2.24) is 4.98 Å². The van der Waals surface area contributed by atoms with Crippen molar-refractivity contribution >= 4 is 28.9 Å². The number of nitrogens with zero attached hydrogens (tertiary/aromatic N) is 1. The molecule has 1 aromatic carbocycles. The Hall–Kier alpha value is -2.21. The lowest BCUT2D eigenvalue weighted by Gasteiger charge is -2.03. The second kappa shape index (κ2) is 5.42. The van der Waals surface area contributed by atoms with Gasteiger partial charge in [-0.1, -0.05) is 12.1 Å². The molecule has 0 atom stereocenters. The molecule has 18 heavy (non-hydrogen) atoms. The van der Waals surface area contributed by atoms with E-state index in [1.807, 2.05) is 0 Å². The van der Waals surface area contributed by atoms with Gasteiger partial charge in [0.25, 0.3) is 5.91 Å². The Morgan fingerprint density at radius 1 is 1.28 bits per heavy atom. The van der Waals surface area contributed by atoms with Crippen LogP contribution >= 0.6 is 11.3 Å². The van der Waals surface area contributed by atoms with Gasteiger partial charge in [-0.2, -0.15) is 0 Å². The van der Waals surface area contributed by atoms with Crippen molar-refractivity contribution in [3.8, 4) is 0 Å².